The summed E-state index contributed by atoms with van der Waals surface area (Å²) in [5.74, 6) is 0.598. The number of amides is 2. The maximum Gasteiger partial charge on any atom is 0.327 e. The number of benzene rings is 1. The lowest BCUT2D eigenvalue weighted by atomic mass is 9.86. The molecular weight excluding hydrogens is 560 g/mol. The molecule has 3 aliphatic heterocycles. The number of hydrogen-bond donors (Lipinski definition) is 2. The number of carbonyl (C=O) groups excluding carboxylic acids is 2. The smallest absolute Gasteiger partial charge is 0.327 e. The number of fused-ring (bicyclic) bond motifs is 1. The summed E-state index contributed by atoms with van der Waals surface area (Å²) in [6.45, 7) is 10.5. The molecule has 0 aliphatic carbocycles. The second kappa shape index (κ2) is 12.5. The lowest BCUT2D eigenvalue weighted by molar-refractivity contribution is -0.136. The van der Waals surface area contributed by atoms with Gasteiger partial charge in [0.2, 0.25) is 11.8 Å². The van der Waals surface area contributed by atoms with Crippen LogP contribution in [0.2, 0.25) is 0 Å². The minimum Gasteiger partial charge on any atom is -0.342 e. The summed E-state index contributed by atoms with van der Waals surface area (Å²) in [5, 5.41) is 3.01. The Balaban J connectivity index is 0.00000230. The van der Waals surface area contributed by atoms with Crippen molar-refractivity contribution in [1.29, 1.82) is 0 Å². The number of nitrogens with zero attached hydrogens (tertiary/aromatic N) is 4. The molecule has 0 radical (unpaired) electrons. The van der Waals surface area contributed by atoms with Crippen LogP contribution < -0.4 is 11.0 Å². The average Bonchev–Trinajstić information content (AvgIpc) is 3.51. The molecule has 10 heteroatoms. The van der Waals surface area contributed by atoms with Gasteiger partial charge in [-0.2, -0.15) is 0 Å². The number of H-pyrrole nitrogens is 1. The summed E-state index contributed by atoms with van der Waals surface area (Å²) in [7, 11) is 0. The highest BCUT2D eigenvalue weighted by molar-refractivity contribution is 8.01. The number of aromatic nitrogens is 3. The number of likely N-dealkylation sites (tertiary alicyclic amines) is 1. The zero-order valence-corrected chi connectivity index (χ0v) is 26.4. The Morgan fingerprint density at radius 2 is 1.74 bits per heavy atom. The largest absolute Gasteiger partial charge is 0.342 e. The highest BCUT2D eigenvalue weighted by atomic mass is 32.2. The second-order valence-corrected chi connectivity index (χ2v) is 14.7. The molecule has 3 saturated heterocycles. The summed E-state index contributed by atoms with van der Waals surface area (Å²) >= 11 is 1.66. The van der Waals surface area contributed by atoms with E-state index in [4.69, 9.17) is 0 Å². The van der Waals surface area contributed by atoms with Crippen LogP contribution in [-0.4, -0.2) is 74.1 Å². The molecular formula is C33H48N6O3S. The van der Waals surface area contributed by atoms with Crippen molar-refractivity contribution in [3.05, 3.63) is 64.2 Å². The summed E-state index contributed by atoms with van der Waals surface area (Å²) < 4.78 is 1.79. The maximum absolute atomic E-state index is 14.0. The van der Waals surface area contributed by atoms with Gasteiger partial charge in [0.25, 0.3) is 0 Å². The molecule has 3 aromatic rings. The highest BCUT2D eigenvalue weighted by Gasteiger charge is 2.44. The van der Waals surface area contributed by atoms with E-state index in [9.17, 15) is 14.4 Å². The lowest BCUT2D eigenvalue weighted by Crippen LogP contribution is -2.42. The first-order chi connectivity index (χ1) is 20.7. The van der Waals surface area contributed by atoms with E-state index in [-0.39, 0.29) is 43.6 Å². The van der Waals surface area contributed by atoms with Crippen molar-refractivity contribution >= 4 is 34.7 Å². The molecule has 0 saturated carbocycles. The normalized spacial score (nSPS) is 22.5. The Morgan fingerprint density at radius 3 is 2.47 bits per heavy atom. The standard InChI is InChI=1S/C33H44N6O3S.2H2/c1-33(2,3)14-20-38-30(41)27(43-31(38)25-8-5-4-7-24(25)22-10-16-34-17-11-22)21-28(40)37-18-12-23(13-19-37)39-26-9-6-15-35-29(26)36-32(39)42;;/h4-9,15,22-23,27,31,34H,10-14,16-21H2,1-3H3,(H,35,36,42);2*1H/t27-,31?;;/m0../s1. The van der Waals surface area contributed by atoms with Gasteiger partial charge < -0.3 is 15.1 Å². The molecule has 43 heavy (non-hydrogen) atoms. The van der Waals surface area contributed by atoms with Crippen LogP contribution in [0, 0.1) is 5.41 Å². The number of aromatic amines is 1. The molecule has 3 fully saturated rings. The van der Waals surface area contributed by atoms with E-state index in [0.717, 1.165) is 37.9 Å². The van der Waals surface area contributed by atoms with Gasteiger partial charge in [0.15, 0.2) is 5.65 Å². The predicted octanol–water partition coefficient (Wildman–Crippen LogP) is 5.32. The first kappa shape index (κ1) is 29.9. The molecule has 2 N–H and O–H groups in total. The maximum atomic E-state index is 14.0. The van der Waals surface area contributed by atoms with Crippen LogP contribution >= 0.6 is 11.8 Å². The number of hydrogen-bond acceptors (Lipinski definition) is 6. The lowest BCUT2D eigenvalue weighted by Gasteiger charge is -2.33. The average molecular weight is 609 g/mol. The Hall–Kier alpha value is -3.11. The fourth-order valence-corrected chi connectivity index (χ4v) is 8.39. The monoisotopic (exact) mass is 608 g/mol. The van der Waals surface area contributed by atoms with Crippen molar-refractivity contribution in [3.8, 4) is 0 Å². The first-order valence-electron chi connectivity index (χ1n) is 15.8. The molecule has 2 aromatic heterocycles. The zero-order chi connectivity index (χ0) is 30.1. The predicted molar refractivity (Wildman–Crippen MR) is 175 cm³/mol. The van der Waals surface area contributed by atoms with E-state index in [1.165, 1.54) is 11.1 Å². The SMILES string of the molecule is CC(C)(C)CCN1C(=O)[C@H](CC(=O)N2CCC(n3c(=O)[nH]c4ncccc43)CC2)SC1c1ccccc1C1CCNCC1.[HH].[HH]. The number of thioether (sulfide) groups is 1. The van der Waals surface area contributed by atoms with Gasteiger partial charge in [-0.05, 0) is 79.8 Å². The van der Waals surface area contributed by atoms with Crippen molar-refractivity contribution < 1.29 is 12.4 Å². The molecule has 3 aliphatic rings. The third kappa shape index (κ3) is 6.41. The van der Waals surface area contributed by atoms with Crippen LogP contribution in [-0.2, 0) is 9.59 Å². The van der Waals surface area contributed by atoms with Crippen LogP contribution in [0.5, 0.6) is 0 Å². The first-order valence-corrected chi connectivity index (χ1v) is 16.7. The number of rotatable bonds is 7. The Labute approximate surface area is 260 Å². The fourth-order valence-electron chi connectivity index (χ4n) is 6.87. The van der Waals surface area contributed by atoms with Crippen molar-refractivity contribution in [2.75, 3.05) is 32.7 Å². The molecule has 2 amide bonds. The number of piperidine rings is 2. The summed E-state index contributed by atoms with van der Waals surface area (Å²) in [6.07, 6.45) is 6.39. The van der Waals surface area contributed by atoms with Crippen molar-refractivity contribution in [1.82, 2.24) is 29.7 Å². The van der Waals surface area contributed by atoms with E-state index in [1.54, 1.807) is 22.5 Å². The van der Waals surface area contributed by atoms with E-state index in [0.29, 0.717) is 44.0 Å². The molecule has 9 nitrogen and oxygen atoms in total. The minimum atomic E-state index is -0.390. The molecule has 234 valence electrons. The Bertz CT molecular complexity index is 1520. The Kier molecular flexibility index (Phi) is 8.69. The molecule has 0 spiro atoms. The summed E-state index contributed by atoms with van der Waals surface area (Å²) in [6, 6.07) is 12.4. The molecule has 2 atom stereocenters. The van der Waals surface area contributed by atoms with Gasteiger partial charge in [-0.1, -0.05) is 45.0 Å². The van der Waals surface area contributed by atoms with Gasteiger partial charge in [0.1, 0.15) is 5.37 Å². The summed E-state index contributed by atoms with van der Waals surface area (Å²) in [5.41, 5.74) is 3.93. The van der Waals surface area contributed by atoms with E-state index in [2.05, 4.69) is 65.2 Å². The third-order valence-electron chi connectivity index (χ3n) is 9.31. The van der Waals surface area contributed by atoms with Gasteiger partial charge in [0.05, 0.1) is 10.8 Å². The van der Waals surface area contributed by atoms with Crippen LogP contribution in [0.3, 0.4) is 0 Å². The van der Waals surface area contributed by atoms with Gasteiger partial charge in [-0.25, -0.2) is 9.78 Å². The molecule has 5 heterocycles. The minimum absolute atomic E-state index is 0. The number of imidazole rings is 1. The van der Waals surface area contributed by atoms with E-state index < -0.39 is 5.25 Å². The van der Waals surface area contributed by atoms with Crippen LogP contribution in [0.1, 0.15) is 90.6 Å². The van der Waals surface area contributed by atoms with Crippen LogP contribution in [0.4, 0.5) is 0 Å². The highest BCUT2D eigenvalue weighted by Crippen LogP contribution is 2.47. The topological polar surface area (TPSA) is 103 Å². The van der Waals surface area contributed by atoms with Crippen molar-refractivity contribution in [2.24, 2.45) is 5.41 Å². The van der Waals surface area contributed by atoms with E-state index >= 15 is 0 Å². The number of pyridine rings is 1. The zero-order valence-electron chi connectivity index (χ0n) is 25.6. The third-order valence-corrected chi connectivity index (χ3v) is 10.8. The van der Waals surface area contributed by atoms with E-state index in [1.807, 2.05) is 17.0 Å². The fraction of sp³-hybridized carbons (Fsp3) is 0.576. The second-order valence-electron chi connectivity index (χ2n) is 13.5. The molecule has 1 aromatic carbocycles. The molecule has 0 bridgehead atoms. The van der Waals surface area contributed by atoms with Crippen LogP contribution in [0.15, 0.2) is 47.4 Å². The molecule has 1 unspecified atom stereocenters. The van der Waals surface area contributed by atoms with Crippen molar-refractivity contribution in [3.63, 3.8) is 0 Å². The number of nitrogens with one attached hydrogen (secondary N) is 2. The van der Waals surface area contributed by atoms with Gasteiger partial charge in [0, 0.05) is 41.1 Å². The summed E-state index contributed by atoms with van der Waals surface area (Å²) in [4.78, 5) is 51.3. The van der Waals surface area contributed by atoms with Gasteiger partial charge in [-0.15, -0.1) is 11.8 Å². The van der Waals surface area contributed by atoms with Gasteiger partial charge >= 0.3 is 5.69 Å². The number of carbonyl (C=O) groups is 2. The van der Waals surface area contributed by atoms with Crippen molar-refractivity contribution in [2.45, 2.75) is 81.9 Å². The molecule has 6 rings (SSSR count). The van der Waals surface area contributed by atoms with Gasteiger partial charge in [-0.3, -0.25) is 19.1 Å². The van der Waals surface area contributed by atoms with Crippen LogP contribution in [0.25, 0.3) is 11.2 Å². The Morgan fingerprint density at radius 1 is 1.02 bits per heavy atom. The quantitative estimate of drug-likeness (QED) is 0.377.